The lowest BCUT2D eigenvalue weighted by Gasteiger charge is -2.12. The molecule has 3 aromatic carbocycles. The Morgan fingerprint density at radius 1 is 0.971 bits per heavy atom. The summed E-state index contributed by atoms with van der Waals surface area (Å²) >= 11 is 2.70. The van der Waals surface area contributed by atoms with Gasteiger partial charge in [0.2, 0.25) is 5.13 Å². The fraction of sp³-hybridized carbons (Fsp3) is 0.120. The smallest absolute Gasteiger partial charge is 0.309 e. The van der Waals surface area contributed by atoms with Gasteiger partial charge in [-0.05, 0) is 67.1 Å². The van der Waals surface area contributed by atoms with E-state index >= 15 is 0 Å². The number of rotatable bonds is 7. The molecule has 0 aliphatic carbocycles. The Labute approximate surface area is 203 Å². The van der Waals surface area contributed by atoms with Crippen LogP contribution in [0.3, 0.4) is 0 Å². The summed E-state index contributed by atoms with van der Waals surface area (Å²) in [5, 5.41) is 6.64. The maximum Gasteiger partial charge on any atom is 0.309 e. The molecule has 0 N–H and O–H groups in total. The third-order valence-corrected chi connectivity index (χ3v) is 6.97. The van der Waals surface area contributed by atoms with Gasteiger partial charge in [-0.15, -0.1) is 11.3 Å². The molecule has 0 atom stereocenters. The number of hydrazone groups is 1. The van der Waals surface area contributed by atoms with Crippen LogP contribution < -0.4 is 14.5 Å². The van der Waals surface area contributed by atoms with Gasteiger partial charge >= 0.3 is 5.91 Å². The lowest BCUT2D eigenvalue weighted by molar-refractivity contribution is 0.0987. The van der Waals surface area contributed by atoms with Crippen LogP contribution in [-0.2, 0) is 0 Å². The monoisotopic (exact) mass is 488 g/mol. The number of para-hydroxylation sites is 1. The zero-order valence-electron chi connectivity index (χ0n) is 18.5. The first-order valence-electron chi connectivity index (χ1n) is 10.6. The Morgan fingerprint density at radius 2 is 1.74 bits per heavy atom. The van der Waals surface area contributed by atoms with Crippen LogP contribution in [0.5, 0.6) is 11.5 Å². The molecule has 2 heterocycles. The van der Waals surface area contributed by atoms with Gasteiger partial charge in [0.15, 0.2) is 5.01 Å². The summed E-state index contributed by atoms with van der Waals surface area (Å²) in [6, 6.07) is 20.8. The van der Waals surface area contributed by atoms with Crippen molar-refractivity contribution in [1.29, 1.82) is 0 Å². The zero-order valence-corrected chi connectivity index (χ0v) is 20.1. The summed E-state index contributed by atoms with van der Waals surface area (Å²) in [6.45, 7) is 2.54. The highest BCUT2D eigenvalue weighted by molar-refractivity contribution is 7.23. The second-order valence-electron chi connectivity index (χ2n) is 7.18. The molecule has 2 aromatic heterocycles. The summed E-state index contributed by atoms with van der Waals surface area (Å²) < 4.78 is 12.7. The van der Waals surface area contributed by atoms with Crippen molar-refractivity contribution in [2.24, 2.45) is 5.10 Å². The first kappa shape index (κ1) is 22.0. The van der Waals surface area contributed by atoms with Crippen molar-refractivity contribution in [3.8, 4) is 11.5 Å². The summed E-state index contributed by atoms with van der Waals surface area (Å²) in [5.41, 5.74) is 2.37. The molecular weight excluding hydrogens is 468 g/mol. The summed E-state index contributed by atoms with van der Waals surface area (Å²) in [4.78, 5) is 22.7. The molecule has 9 heteroatoms. The molecule has 1 amide bonds. The number of methoxy groups -OCH3 is 1. The number of nitrogens with zero attached hydrogens (tertiary/aromatic N) is 4. The van der Waals surface area contributed by atoms with Crippen molar-refractivity contribution in [2.45, 2.75) is 6.92 Å². The molecule has 0 fully saturated rings. The maximum atomic E-state index is 13.6. The molecule has 170 valence electrons. The molecule has 0 aliphatic rings. The van der Waals surface area contributed by atoms with Crippen LogP contribution in [0, 0.1) is 0 Å². The van der Waals surface area contributed by atoms with E-state index in [4.69, 9.17) is 9.47 Å². The van der Waals surface area contributed by atoms with Gasteiger partial charge in [-0.1, -0.05) is 23.5 Å². The third-order valence-electron chi connectivity index (χ3n) is 4.95. The first-order valence-corrected chi connectivity index (χ1v) is 12.2. The van der Waals surface area contributed by atoms with E-state index < -0.39 is 0 Å². The number of hydrogen-bond donors (Lipinski definition) is 0. The van der Waals surface area contributed by atoms with Crippen LogP contribution in [0.2, 0.25) is 0 Å². The molecule has 0 saturated heterocycles. The fourth-order valence-corrected chi connectivity index (χ4v) is 5.14. The molecule has 0 bridgehead atoms. The van der Waals surface area contributed by atoms with Crippen LogP contribution in [0.4, 0.5) is 5.13 Å². The Kier molecular flexibility index (Phi) is 6.20. The number of aromatic nitrogens is 2. The minimum Gasteiger partial charge on any atom is -0.497 e. The highest BCUT2D eigenvalue weighted by Crippen LogP contribution is 2.33. The van der Waals surface area contributed by atoms with Crippen molar-refractivity contribution >= 4 is 60.4 Å². The predicted molar refractivity (Wildman–Crippen MR) is 138 cm³/mol. The SMILES string of the molecule is CCOc1ccc(/C=N/N(C(=O)c2nc3ccccc3s2)c2nc3ccc(OC)cc3s2)cc1. The zero-order chi connectivity index (χ0) is 23.5. The molecule has 0 unspecified atom stereocenters. The number of benzene rings is 3. The topological polar surface area (TPSA) is 76.9 Å². The first-order chi connectivity index (χ1) is 16.6. The van der Waals surface area contributed by atoms with Gasteiger partial charge in [-0.3, -0.25) is 4.79 Å². The van der Waals surface area contributed by atoms with Gasteiger partial charge in [-0.2, -0.15) is 10.1 Å². The number of carbonyl (C=O) groups excluding carboxylic acids is 1. The minimum absolute atomic E-state index is 0.339. The number of carbonyl (C=O) groups is 1. The number of anilines is 1. The highest BCUT2D eigenvalue weighted by atomic mass is 32.1. The summed E-state index contributed by atoms with van der Waals surface area (Å²) in [6.07, 6.45) is 1.63. The van der Waals surface area contributed by atoms with Crippen molar-refractivity contribution in [1.82, 2.24) is 9.97 Å². The van der Waals surface area contributed by atoms with E-state index in [-0.39, 0.29) is 5.91 Å². The quantitative estimate of drug-likeness (QED) is 0.208. The largest absolute Gasteiger partial charge is 0.497 e. The Morgan fingerprint density at radius 3 is 2.50 bits per heavy atom. The lowest BCUT2D eigenvalue weighted by Crippen LogP contribution is -2.25. The van der Waals surface area contributed by atoms with Gasteiger partial charge in [0.05, 0.1) is 40.4 Å². The molecule has 0 aliphatic heterocycles. The van der Waals surface area contributed by atoms with E-state index in [1.807, 2.05) is 73.7 Å². The van der Waals surface area contributed by atoms with Crippen LogP contribution in [0.1, 0.15) is 22.3 Å². The second-order valence-corrected chi connectivity index (χ2v) is 9.22. The summed E-state index contributed by atoms with van der Waals surface area (Å²) in [7, 11) is 1.62. The van der Waals surface area contributed by atoms with Crippen LogP contribution in [0.15, 0.2) is 71.8 Å². The van der Waals surface area contributed by atoms with E-state index in [0.29, 0.717) is 16.7 Å². The number of fused-ring (bicyclic) bond motifs is 2. The second kappa shape index (κ2) is 9.58. The molecule has 0 radical (unpaired) electrons. The molecule has 7 nitrogen and oxygen atoms in total. The minimum atomic E-state index is -0.339. The molecule has 5 rings (SSSR count). The highest BCUT2D eigenvalue weighted by Gasteiger charge is 2.24. The van der Waals surface area contributed by atoms with Gasteiger partial charge < -0.3 is 9.47 Å². The van der Waals surface area contributed by atoms with Crippen LogP contribution in [-0.4, -0.2) is 35.8 Å². The standard InChI is InChI=1S/C25H20N4O3S2/c1-3-32-17-10-8-16(9-11-17)15-26-29(24(30)23-27-19-6-4-5-7-21(19)33-23)25-28-20-13-12-18(31-2)14-22(20)34-25/h4-15H,3H2,1-2H3/b26-15+. The molecule has 0 spiro atoms. The van der Waals surface area contributed by atoms with Crippen LogP contribution >= 0.6 is 22.7 Å². The number of hydrogen-bond acceptors (Lipinski definition) is 8. The number of thiazole rings is 2. The Balaban J connectivity index is 1.53. The summed E-state index contributed by atoms with van der Waals surface area (Å²) in [5.74, 6) is 1.17. The lowest BCUT2D eigenvalue weighted by atomic mass is 10.2. The predicted octanol–water partition coefficient (Wildman–Crippen LogP) is 5.99. The maximum absolute atomic E-state index is 13.6. The van der Waals surface area contributed by atoms with E-state index in [9.17, 15) is 4.79 Å². The molecule has 0 saturated carbocycles. The normalized spacial score (nSPS) is 11.4. The van der Waals surface area contributed by atoms with Gasteiger partial charge in [-0.25, -0.2) is 9.97 Å². The van der Waals surface area contributed by atoms with E-state index in [1.165, 1.54) is 27.7 Å². The Hall–Kier alpha value is -3.82. The third kappa shape index (κ3) is 4.48. The van der Waals surface area contributed by atoms with Crippen molar-refractivity contribution < 1.29 is 14.3 Å². The number of amides is 1. The van der Waals surface area contributed by atoms with E-state index in [1.54, 1.807) is 13.3 Å². The van der Waals surface area contributed by atoms with Crippen LogP contribution in [0.25, 0.3) is 20.4 Å². The van der Waals surface area contributed by atoms with Gasteiger partial charge in [0.25, 0.3) is 0 Å². The average Bonchev–Trinajstić information content (AvgIpc) is 3.49. The number of ether oxygens (including phenoxy) is 2. The average molecular weight is 489 g/mol. The molecule has 5 aromatic rings. The van der Waals surface area contributed by atoms with Crippen molar-refractivity contribution in [3.63, 3.8) is 0 Å². The van der Waals surface area contributed by atoms with E-state index in [2.05, 4.69) is 15.1 Å². The van der Waals surface area contributed by atoms with E-state index in [0.717, 1.165) is 37.5 Å². The molecular formula is C25H20N4O3S2. The molecule has 34 heavy (non-hydrogen) atoms. The van der Waals surface area contributed by atoms with Gasteiger partial charge in [0.1, 0.15) is 11.5 Å². The van der Waals surface area contributed by atoms with Crippen molar-refractivity contribution in [3.05, 3.63) is 77.3 Å². The van der Waals surface area contributed by atoms with Gasteiger partial charge in [0, 0.05) is 0 Å². The fourth-order valence-electron chi connectivity index (χ4n) is 3.29. The van der Waals surface area contributed by atoms with Crippen molar-refractivity contribution in [2.75, 3.05) is 18.7 Å². The Bertz CT molecular complexity index is 1460.